The lowest BCUT2D eigenvalue weighted by molar-refractivity contribution is -0.399. The molecule has 0 saturated heterocycles. The number of benzene rings is 3. The summed E-state index contributed by atoms with van der Waals surface area (Å²) in [5.74, 6) is -26.7. The normalized spacial score (nSPS) is 12.7. The third-order valence-corrected chi connectivity index (χ3v) is 7.56. The van der Waals surface area contributed by atoms with Gasteiger partial charge in [-0.3, -0.25) is 9.59 Å². The zero-order valence-corrected chi connectivity index (χ0v) is 25.0. The highest BCUT2D eigenvalue weighted by molar-refractivity contribution is 14.1. The quantitative estimate of drug-likeness (QED) is 0.191. The predicted octanol–water partition coefficient (Wildman–Crippen LogP) is 8.77. The summed E-state index contributed by atoms with van der Waals surface area (Å²) >= 11 is 2.38. The Morgan fingerprint density at radius 2 is 1.26 bits per heavy atom. The largest absolute Gasteiger partial charge is 0.460 e. The Morgan fingerprint density at radius 1 is 0.767 bits per heavy atom. The number of rotatable bonds is 7. The van der Waals surface area contributed by atoms with E-state index in [1.165, 1.54) is 45.2 Å². The van der Waals surface area contributed by atoms with Crippen molar-refractivity contribution < 1.29 is 62.3 Å². The van der Waals surface area contributed by atoms with Crippen molar-refractivity contribution in [3.63, 3.8) is 0 Å². The van der Waals surface area contributed by atoms with Crippen LogP contribution >= 0.6 is 45.2 Å². The lowest BCUT2D eigenvalue weighted by atomic mass is 9.96. The Labute approximate surface area is 260 Å². The lowest BCUT2D eigenvalue weighted by Gasteiger charge is -2.34. The first-order valence-corrected chi connectivity index (χ1v) is 13.2. The minimum absolute atomic E-state index is 0.126. The number of nitrogens with zero attached hydrogens (tertiary/aromatic N) is 1. The Morgan fingerprint density at radius 3 is 1.74 bits per heavy atom. The van der Waals surface area contributed by atoms with Gasteiger partial charge in [-0.15, -0.1) is 0 Å². The van der Waals surface area contributed by atoms with Gasteiger partial charge in [0, 0.05) is 19.8 Å². The van der Waals surface area contributed by atoms with Crippen LogP contribution in [0.15, 0.2) is 48.5 Å². The van der Waals surface area contributed by atoms with Crippen LogP contribution in [0.1, 0.15) is 26.3 Å². The molecule has 0 radical (unpaired) electrons. The van der Waals surface area contributed by atoms with Crippen molar-refractivity contribution in [2.75, 3.05) is 17.3 Å². The van der Waals surface area contributed by atoms with Gasteiger partial charge in [-0.2, -0.15) is 39.5 Å². The van der Waals surface area contributed by atoms with E-state index in [2.05, 4.69) is 5.32 Å². The molecule has 18 heteroatoms. The third kappa shape index (κ3) is 6.12. The summed E-state index contributed by atoms with van der Waals surface area (Å²) in [5, 5.41) is 2.07. The maximum atomic E-state index is 15.3. The van der Waals surface area contributed by atoms with Crippen LogP contribution in [0, 0.1) is 24.6 Å². The van der Waals surface area contributed by atoms with Gasteiger partial charge in [-0.1, -0.05) is 12.1 Å². The molecule has 3 aromatic carbocycles. The summed E-state index contributed by atoms with van der Waals surface area (Å²) in [7, 11) is 0.942. The second kappa shape index (κ2) is 12.0. The average Bonchev–Trinajstić information content (AvgIpc) is 2.89. The van der Waals surface area contributed by atoms with Crippen LogP contribution < -0.4 is 10.2 Å². The van der Waals surface area contributed by atoms with Crippen LogP contribution in [0.3, 0.4) is 0 Å². The molecule has 0 bridgehead atoms. The SMILES string of the molecule is CN(C(=O)c1c(F)cccc1F)c1cccc(C(=O)Nc2c(I)cc(C(F)(F)C(F)(F)C(F)(F)C(F)(F)F)cc2I)c1F. The van der Waals surface area contributed by atoms with Crippen LogP contribution in [0.2, 0.25) is 0 Å². The lowest BCUT2D eigenvalue weighted by Crippen LogP contribution is -2.59. The number of amides is 2. The first kappa shape index (κ1) is 34.7. The number of hydrogen-bond acceptors (Lipinski definition) is 2. The molecule has 0 aliphatic carbocycles. The average molecular weight is 854 g/mol. The van der Waals surface area contributed by atoms with Gasteiger partial charge in [0.1, 0.15) is 17.2 Å². The smallest absolute Gasteiger partial charge is 0.320 e. The van der Waals surface area contributed by atoms with Crippen molar-refractivity contribution in [1.82, 2.24) is 0 Å². The summed E-state index contributed by atoms with van der Waals surface area (Å²) in [6, 6.07) is 5.71. The van der Waals surface area contributed by atoms with Crippen LogP contribution in [0.25, 0.3) is 0 Å². The van der Waals surface area contributed by atoms with E-state index in [4.69, 9.17) is 0 Å². The van der Waals surface area contributed by atoms with Gasteiger partial charge >= 0.3 is 23.9 Å². The van der Waals surface area contributed by atoms with E-state index in [0.717, 1.165) is 43.4 Å². The summed E-state index contributed by atoms with van der Waals surface area (Å²) in [6.07, 6.45) is -7.02. The van der Waals surface area contributed by atoms with Gasteiger partial charge in [-0.05, 0) is 81.6 Å². The molecule has 0 heterocycles. The third-order valence-electron chi connectivity index (χ3n) is 5.85. The fourth-order valence-corrected chi connectivity index (χ4v) is 5.58. The molecule has 3 aromatic rings. The molecule has 0 aromatic heterocycles. The van der Waals surface area contributed by atoms with E-state index in [-0.39, 0.29) is 12.1 Å². The highest BCUT2D eigenvalue weighted by Crippen LogP contribution is 2.57. The van der Waals surface area contributed by atoms with Crippen LogP contribution in [0.4, 0.5) is 64.1 Å². The highest BCUT2D eigenvalue weighted by Gasteiger charge is 2.82. The number of carbonyl (C=O) groups excluding carboxylic acids is 2. The number of carbonyl (C=O) groups is 2. The van der Waals surface area contributed by atoms with Crippen molar-refractivity contribution in [3.05, 3.63) is 89.8 Å². The molecule has 2 amide bonds. The number of anilines is 2. The minimum Gasteiger partial charge on any atom is -0.320 e. The molecule has 232 valence electrons. The molecule has 1 N–H and O–H groups in total. The molecule has 0 saturated carbocycles. The number of alkyl halides is 9. The Bertz CT molecular complexity index is 1550. The van der Waals surface area contributed by atoms with E-state index in [0.29, 0.717) is 4.90 Å². The Balaban J connectivity index is 1.96. The fraction of sp³-hybridized carbons (Fsp3) is 0.200. The zero-order valence-electron chi connectivity index (χ0n) is 20.7. The predicted molar refractivity (Wildman–Crippen MR) is 145 cm³/mol. The molecule has 3 rings (SSSR count). The summed E-state index contributed by atoms with van der Waals surface area (Å²) < 4.78 is 163. The topological polar surface area (TPSA) is 49.4 Å². The first-order valence-electron chi connectivity index (χ1n) is 11.1. The van der Waals surface area contributed by atoms with Crippen molar-refractivity contribution in [1.29, 1.82) is 0 Å². The van der Waals surface area contributed by atoms with Crippen LogP contribution in [0.5, 0.6) is 0 Å². The van der Waals surface area contributed by atoms with Crippen LogP contribution in [-0.4, -0.2) is 36.9 Å². The monoisotopic (exact) mass is 854 g/mol. The molecule has 0 fully saturated rings. The van der Waals surface area contributed by atoms with E-state index < -0.39 is 88.4 Å². The van der Waals surface area contributed by atoms with E-state index in [1.54, 1.807) is 0 Å². The molecular weight excluding hydrogens is 842 g/mol. The zero-order chi connectivity index (χ0) is 32.9. The van der Waals surface area contributed by atoms with Gasteiger partial charge in [0.25, 0.3) is 11.8 Å². The maximum Gasteiger partial charge on any atom is 0.460 e. The second-order valence-electron chi connectivity index (χ2n) is 8.59. The number of hydrogen-bond donors (Lipinski definition) is 1. The van der Waals surface area contributed by atoms with Gasteiger partial charge in [0.2, 0.25) is 0 Å². The van der Waals surface area contributed by atoms with Gasteiger partial charge in [-0.25, -0.2) is 13.2 Å². The van der Waals surface area contributed by atoms with Crippen LogP contribution in [-0.2, 0) is 5.92 Å². The molecular formula is C25H12F12I2N2O2. The van der Waals surface area contributed by atoms with Crippen molar-refractivity contribution in [2.24, 2.45) is 0 Å². The van der Waals surface area contributed by atoms with Crippen molar-refractivity contribution in [3.8, 4) is 0 Å². The molecule has 43 heavy (non-hydrogen) atoms. The molecule has 0 aliphatic heterocycles. The molecule has 0 aliphatic rings. The summed E-state index contributed by atoms with van der Waals surface area (Å²) in [4.78, 5) is 26.0. The minimum atomic E-state index is -7.12. The molecule has 0 unspecified atom stereocenters. The van der Waals surface area contributed by atoms with Gasteiger partial charge < -0.3 is 10.2 Å². The highest BCUT2D eigenvalue weighted by atomic mass is 127. The fourth-order valence-electron chi connectivity index (χ4n) is 3.54. The van der Waals surface area contributed by atoms with Gasteiger partial charge in [0.15, 0.2) is 5.82 Å². The Kier molecular flexibility index (Phi) is 9.65. The van der Waals surface area contributed by atoms with E-state index in [1.807, 2.05) is 0 Å². The molecule has 0 spiro atoms. The van der Waals surface area contributed by atoms with Gasteiger partial charge in [0.05, 0.1) is 16.9 Å². The molecule has 0 atom stereocenters. The standard InChI is InChI=1S/C25H12F12I2N2O2/c1-41(21(43)17-12(26)5-3-6-13(17)27)16-7-2-4-11(18(16)28)20(42)40-19-14(38)8-10(9-15(19)39)22(29,30)23(31,32)24(33,34)25(35,36)37/h2-9H,1H3,(H,40,42). The van der Waals surface area contributed by atoms with E-state index >= 15 is 4.39 Å². The van der Waals surface area contributed by atoms with E-state index in [9.17, 15) is 57.9 Å². The number of halogens is 14. The summed E-state index contributed by atoms with van der Waals surface area (Å²) in [5.41, 5.74) is -4.85. The number of nitrogens with one attached hydrogen (secondary N) is 1. The maximum absolute atomic E-state index is 15.3. The first-order chi connectivity index (χ1) is 19.6. The second-order valence-corrected chi connectivity index (χ2v) is 10.9. The summed E-state index contributed by atoms with van der Waals surface area (Å²) in [6.45, 7) is 0. The Hall–Kier alpha value is -2.78. The van der Waals surface area contributed by atoms with Crippen molar-refractivity contribution >= 4 is 68.4 Å². The van der Waals surface area contributed by atoms with Crippen molar-refractivity contribution in [2.45, 2.75) is 23.9 Å². The molecule has 4 nitrogen and oxygen atoms in total.